The van der Waals surface area contributed by atoms with Gasteiger partial charge in [-0.3, -0.25) is 4.79 Å². The summed E-state index contributed by atoms with van der Waals surface area (Å²) >= 11 is 0. The van der Waals surface area contributed by atoms with Crippen LogP contribution in [0.5, 0.6) is 5.75 Å². The Morgan fingerprint density at radius 3 is 2.56 bits per heavy atom. The lowest BCUT2D eigenvalue weighted by Gasteiger charge is -2.26. The average molecular weight is 343 g/mol. The van der Waals surface area contributed by atoms with E-state index in [0.717, 1.165) is 0 Å². The molecule has 0 saturated heterocycles. The summed E-state index contributed by atoms with van der Waals surface area (Å²) in [6.45, 7) is 8.90. The van der Waals surface area contributed by atoms with Crippen LogP contribution in [0.1, 0.15) is 43.6 Å². The van der Waals surface area contributed by atoms with Crippen LogP contribution in [0.25, 0.3) is 0 Å². The zero-order chi connectivity index (χ0) is 18.4. The predicted molar refractivity (Wildman–Crippen MR) is 98.5 cm³/mol. The molecule has 0 aliphatic rings. The third-order valence-corrected chi connectivity index (χ3v) is 3.97. The molecule has 0 fully saturated rings. The van der Waals surface area contributed by atoms with Crippen molar-refractivity contribution in [3.63, 3.8) is 0 Å². The van der Waals surface area contributed by atoms with Crippen LogP contribution in [0.3, 0.4) is 0 Å². The largest absolute Gasteiger partial charge is 0.493 e. The third-order valence-electron chi connectivity index (χ3n) is 3.97. The number of hydrogen-bond donors (Lipinski definition) is 1. The summed E-state index contributed by atoms with van der Waals surface area (Å²) in [4.78, 5) is 12.4. The molecule has 0 spiro atoms. The Labute approximate surface area is 149 Å². The van der Waals surface area contributed by atoms with Crippen molar-refractivity contribution >= 4 is 5.91 Å². The maximum atomic E-state index is 14.0. The van der Waals surface area contributed by atoms with E-state index in [1.165, 1.54) is 6.07 Å². The summed E-state index contributed by atoms with van der Waals surface area (Å²) in [7, 11) is 0. The van der Waals surface area contributed by atoms with Crippen LogP contribution in [0.4, 0.5) is 4.39 Å². The first kappa shape index (κ1) is 19.0. The zero-order valence-electron chi connectivity index (χ0n) is 15.3. The predicted octanol–water partition coefficient (Wildman–Crippen LogP) is 4.57. The van der Waals surface area contributed by atoms with Gasteiger partial charge in [0.05, 0.1) is 6.61 Å². The molecular weight excluding hydrogens is 317 g/mol. The molecule has 4 heteroatoms. The van der Waals surface area contributed by atoms with E-state index in [4.69, 9.17) is 4.74 Å². The van der Waals surface area contributed by atoms with Crippen LogP contribution in [0.15, 0.2) is 48.5 Å². The minimum Gasteiger partial charge on any atom is -0.493 e. The van der Waals surface area contributed by atoms with Crippen LogP contribution in [0, 0.1) is 11.7 Å². The fourth-order valence-electron chi connectivity index (χ4n) is 2.50. The maximum Gasteiger partial charge on any atom is 0.251 e. The molecule has 0 aromatic heterocycles. The van der Waals surface area contributed by atoms with E-state index in [-0.39, 0.29) is 11.7 Å². The molecule has 1 N–H and O–H groups in total. The second-order valence-corrected chi connectivity index (χ2v) is 7.28. The van der Waals surface area contributed by atoms with E-state index in [9.17, 15) is 9.18 Å². The van der Waals surface area contributed by atoms with E-state index in [1.807, 2.05) is 19.9 Å². The van der Waals surface area contributed by atoms with Crippen molar-refractivity contribution in [2.24, 2.45) is 5.92 Å². The van der Waals surface area contributed by atoms with Gasteiger partial charge in [-0.15, -0.1) is 0 Å². The fraction of sp³-hybridized carbons (Fsp3) is 0.381. The summed E-state index contributed by atoms with van der Waals surface area (Å²) < 4.78 is 19.7. The van der Waals surface area contributed by atoms with Crippen molar-refractivity contribution in [1.29, 1.82) is 0 Å². The number of nitrogens with one attached hydrogen (secondary N) is 1. The first-order chi connectivity index (χ1) is 11.8. The molecule has 0 atom stereocenters. The Bertz CT molecular complexity index is 725. The normalized spacial score (nSPS) is 11.4. The Balaban J connectivity index is 2.02. The highest BCUT2D eigenvalue weighted by Gasteiger charge is 2.24. The molecule has 0 radical (unpaired) electrons. The van der Waals surface area contributed by atoms with Gasteiger partial charge in [0.15, 0.2) is 0 Å². The molecular formula is C21H26FNO2. The Morgan fingerprint density at radius 2 is 1.88 bits per heavy atom. The lowest BCUT2D eigenvalue weighted by atomic mass is 9.84. The Morgan fingerprint density at radius 1 is 1.16 bits per heavy atom. The maximum absolute atomic E-state index is 14.0. The molecule has 134 valence electrons. The van der Waals surface area contributed by atoms with Crippen LogP contribution in [-0.2, 0) is 5.41 Å². The van der Waals surface area contributed by atoms with Crippen molar-refractivity contribution in [2.45, 2.75) is 33.1 Å². The van der Waals surface area contributed by atoms with Crippen LogP contribution < -0.4 is 10.1 Å². The number of rotatable bonds is 7. The minimum absolute atomic E-state index is 0.195. The highest BCUT2D eigenvalue weighted by atomic mass is 19.1. The molecule has 0 unspecified atom stereocenters. The van der Waals surface area contributed by atoms with E-state index < -0.39 is 5.41 Å². The van der Waals surface area contributed by atoms with Crippen LogP contribution in [0.2, 0.25) is 0 Å². The van der Waals surface area contributed by atoms with Gasteiger partial charge in [0.25, 0.3) is 5.91 Å². The average Bonchev–Trinajstić information content (AvgIpc) is 2.58. The van der Waals surface area contributed by atoms with Gasteiger partial charge >= 0.3 is 0 Å². The van der Waals surface area contributed by atoms with Crippen molar-refractivity contribution in [3.05, 3.63) is 65.5 Å². The smallest absolute Gasteiger partial charge is 0.251 e. The van der Waals surface area contributed by atoms with E-state index in [1.54, 1.807) is 36.4 Å². The van der Waals surface area contributed by atoms with Gasteiger partial charge < -0.3 is 10.1 Å². The summed E-state index contributed by atoms with van der Waals surface area (Å²) in [6.07, 6.45) is 0. The van der Waals surface area contributed by atoms with Crippen molar-refractivity contribution < 1.29 is 13.9 Å². The van der Waals surface area contributed by atoms with Crippen molar-refractivity contribution in [2.75, 3.05) is 13.2 Å². The molecule has 2 rings (SSSR count). The fourth-order valence-corrected chi connectivity index (χ4v) is 2.50. The molecule has 2 aromatic carbocycles. The van der Waals surface area contributed by atoms with Crippen LogP contribution >= 0.6 is 0 Å². The van der Waals surface area contributed by atoms with Gasteiger partial charge in [-0.1, -0.05) is 52.0 Å². The molecule has 1 amide bonds. The highest BCUT2D eigenvalue weighted by molar-refractivity contribution is 5.94. The molecule has 0 saturated carbocycles. The highest BCUT2D eigenvalue weighted by Crippen LogP contribution is 2.25. The van der Waals surface area contributed by atoms with Gasteiger partial charge in [0, 0.05) is 17.5 Å². The van der Waals surface area contributed by atoms with Gasteiger partial charge in [-0.05, 0) is 35.7 Å². The van der Waals surface area contributed by atoms with Crippen LogP contribution in [-0.4, -0.2) is 19.1 Å². The van der Waals surface area contributed by atoms with E-state index in [0.29, 0.717) is 35.9 Å². The lowest BCUT2D eigenvalue weighted by molar-refractivity contribution is 0.0944. The van der Waals surface area contributed by atoms with Crippen molar-refractivity contribution in [3.8, 4) is 5.75 Å². The quantitative estimate of drug-likeness (QED) is 0.800. The second kappa shape index (κ2) is 8.15. The number of ether oxygens (including phenoxy) is 1. The molecule has 0 aliphatic heterocycles. The summed E-state index contributed by atoms with van der Waals surface area (Å²) in [5.74, 6) is 0.638. The summed E-state index contributed by atoms with van der Waals surface area (Å²) in [6, 6.07) is 13.8. The zero-order valence-corrected chi connectivity index (χ0v) is 15.3. The molecule has 25 heavy (non-hydrogen) atoms. The number of carbonyl (C=O) groups is 1. The second-order valence-electron chi connectivity index (χ2n) is 7.28. The minimum atomic E-state index is -0.507. The number of halogens is 1. The van der Waals surface area contributed by atoms with Crippen molar-refractivity contribution in [1.82, 2.24) is 5.32 Å². The molecule has 2 aromatic rings. The lowest BCUT2D eigenvalue weighted by Crippen LogP contribution is -2.37. The molecule has 0 aliphatic carbocycles. The SMILES string of the molecule is CC(C)COc1cccc(C(=O)NCC(C)(C)c2ccccc2F)c1. The topological polar surface area (TPSA) is 38.3 Å². The van der Waals surface area contributed by atoms with E-state index in [2.05, 4.69) is 19.2 Å². The number of hydrogen-bond acceptors (Lipinski definition) is 2. The molecule has 0 heterocycles. The summed E-state index contributed by atoms with van der Waals surface area (Å²) in [5, 5.41) is 2.90. The van der Waals surface area contributed by atoms with Gasteiger partial charge in [0.1, 0.15) is 11.6 Å². The number of carbonyl (C=O) groups excluding carboxylic acids is 1. The Kier molecular flexibility index (Phi) is 6.18. The molecule has 3 nitrogen and oxygen atoms in total. The number of benzene rings is 2. The number of amides is 1. The Hall–Kier alpha value is -2.36. The molecule has 0 bridgehead atoms. The van der Waals surface area contributed by atoms with Gasteiger partial charge in [-0.2, -0.15) is 0 Å². The third kappa shape index (κ3) is 5.31. The van der Waals surface area contributed by atoms with Gasteiger partial charge in [0.2, 0.25) is 0 Å². The first-order valence-electron chi connectivity index (χ1n) is 8.55. The monoisotopic (exact) mass is 343 g/mol. The van der Waals surface area contributed by atoms with Gasteiger partial charge in [-0.25, -0.2) is 4.39 Å². The van der Waals surface area contributed by atoms with E-state index >= 15 is 0 Å². The first-order valence-corrected chi connectivity index (χ1v) is 8.55. The summed E-state index contributed by atoms with van der Waals surface area (Å²) in [5.41, 5.74) is 0.613. The standard InChI is InChI=1S/C21H26FNO2/c1-15(2)13-25-17-9-7-8-16(12-17)20(24)23-14-21(3,4)18-10-5-6-11-19(18)22/h5-12,15H,13-14H2,1-4H3,(H,23,24).